The maximum absolute atomic E-state index is 13.0. The molecule has 0 amide bonds. The van der Waals surface area contributed by atoms with Crippen LogP contribution in [0, 0.1) is 16.6 Å². The smallest absolute Gasteiger partial charge is 0.223 e. The van der Waals surface area contributed by atoms with Crippen molar-refractivity contribution >= 4 is 23.0 Å². The molecular formula is C7H6ClFN4. The number of aromatic nitrogens is 2. The summed E-state index contributed by atoms with van der Waals surface area (Å²) in [6.45, 7) is 1.37. The van der Waals surface area contributed by atoms with E-state index >= 15 is 0 Å². The van der Waals surface area contributed by atoms with Gasteiger partial charge in [-0.25, -0.2) is 14.4 Å². The second-order valence-corrected chi connectivity index (χ2v) is 2.67. The van der Waals surface area contributed by atoms with Crippen LogP contribution < -0.4 is 0 Å². The van der Waals surface area contributed by atoms with E-state index in [4.69, 9.17) is 22.4 Å². The van der Waals surface area contributed by atoms with Crippen LogP contribution in [0.4, 0.5) is 4.39 Å². The van der Waals surface area contributed by atoms with Gasteiger partial charge in [-0.1, -0.05) is 0 Å². The molecule has 13 heavy (non-hydrogen) atoms. The lowest BCUT2D eigenvalue weighted by Gasteiger charge is -2.01. The standard InChI is InChI=1S/C7H6ClFN4/c1-3(10)5(11)6-4(9)2-12-7(8)13-6/h2,10-11H,1H3. The minimum Gasteiger partial charge on any atom is -0.303 e. The number of nitrogens with zero attached hydrogens (tertiary/aromatic N) is 2. The van der Waals surface area contributed by atoms with Gasteiger partial charge in [0, 0.05) is 0 Å². The van der Waals surface area contributed by atoms with Crippen molar-refractivity contribution < 1.29 is 4.39 Å². The first kappa shape index (κ1) is 9.73. The maximum atomic E-state index is 13.0. The zero-order valence-corrected chi connectivity index (χ0v) is 7.48. The molecule has 1 aromatic rings. The summed E-state index contributed by atoms with van der Waals surface area (Å²) in [4.78, 5) is 6.90. The largest absolute Gasteiger partial charge is 0.303 e. The van der Waals surface area contributed by atoms with E-state index in [0.29, 0.717) is 0 Å². The van der Waals surface area contributed by atoms with Gasteiger partial charge in [-0.3, -0.25) is 5.41 Å². The monoisotopic (exact) mass is 200 g/mol. The molecule has 0 bridgehead atoms. The van der Waals surface area contributed by atoms with E-state index in [1.165, 1.54) is 6.92 Å². The summed E-state index contributed by atoms with van der Waals surface area (Å²) >= 11 is 5.41. The van der Waals surface area contributed by atoms with Crippen molar-refractivity contribution in [3.63, 3.8) is 0 Å². The zero-order chi connectivity index (χ0) is 10.0. The zero-order valence-electron chi connectivity index (χ0n) is 6.73. The Bertz CT molecular complexity index is 377. The minimum atomic E-state index is -0.749. The second kappa shape index (κ2) is 3.57. The molecule has 0 unspecified atom stereocenters. The fourth-order valence-corrected chi connectivity index (χ4v) is 0.832. The SMILES string of the molecule is CC(=N)C(=N)c1nc(Cl)ncc1F. The number of halogens is 2. The molecule has 0 saturated carbocycles. The summed E-state index contributed by atoms with van der Waals surface area (Å²) in [6, 6.07) is 0. The first-order valence-electron chi connectivity index (χ1n) is 3.35. The van der Waals surface area contributed by atoms with E-state index in [1.807, 2.05) is 0 Å². The molecule has 0 fully saturated rings. The highest BCUT2D eigenvalue weighted by molar-refractivity contribution is 6.45. The summed E-state index contributed by atoms with van der Waals surface area (Å²) in [5.41, 5.74) is -0.608. The van der Waals surface area contributed by atoms with Crippen LogP contribution in [0.3, 0.4) is 0 Å². The van der Waals surface area contributed by atoms with E-state index in [1.54, 1.807) is 0 Å². The van der Waals surface area contributed by atoms with Gasteiger partial charge < -0.3 is 5.41 Å². The molecule has 1 rings (SSSR count). The van der Waals surface area contributed by atoms with Gasteiger partial charge in [0.1, 0.15) is 11.4 Å². The molecule has 0 aliphatic rings. The van der Waals surface area contributed by atoms with Gasteiger partial charge in [0.2, 0.25) is 5.28 Å². The first-order chi connectivity index (χ1) is 6.02. The van der Waals surface area contributed by atoms with Crippen LogP contribution in [0.5, 0.6) is 0 Å². The summed E-state index contributed by atoms with van der Waals surface area (Å²) in [5.74, 6) is -0.749. The molecule has 0 atom stereocenters. The highest BCUT2D eigenvalue weighted by atomic mass is 35.5. The van der Waals surface area contributed by atoms with E-state index in [9.17, 15) is 4.39 Å². The molecule has 68 valence electrons. The summed E-state index contributed by atoms with van der Waals surface area (Å²) in [5, 5.41) is 14.3. The van der Waals surface area contributed by atoms with Gasteiger partial charge in [0.05, 0.1) is 11.9 Å². The topological polar surface area (TPSA) is 73.5 Å². The molecule has 0 aromatic carbocycles. The van der Waals surface area contributed by atoms with Crippen molar-refractivity contribution in [2.24, 2.45) is 0 Å². The molecule has 0 aliphatic heterocycles. The lowest BCUT2D eigenvalue weighted by molar-refractivity contribution is 0.610. The lowest BCUT2D eigenvalue weighted by atomic mass is 10.2. The molecule has 0 aliphatic carbocycles. The number of hydrogen-bond acceptors (Lipinski definition) is 4. The number of rotatable bonds is 2. The Kier molecular flexibility index (Phi) is 2.67. The van der Waals surface area contributed by atoms with Crippen LogP contribution in [-0.4, -0.2) is 21.4 Å². The normalized spacial score (nSPS) is 9.77. The number of nitrogens with one attached hydrogen (secondary N) is 2. The van der Waals surface area contributed by atoms with Crippen LogP contribution in [0.1, 0.15) is 12.6 Å². The summed E-state index contributed by atoms with van der Waals surface area (Å²) in [6.07, 6.45) is 0.877. The quantitative estimate of drug-likeness (QED) is 0.563. The Morgan fingerprint density at radius 2 is 2.15 bits per heavy atom. The third kappa shape index (κ3) is 2.06. The van der Waals surface area contributed by atoms with E-state index < -0.39 is 5.82 Å². The van der Waals surface area contributed by atoms with Crippen LogP contribution in [0.15, 0.2) is 6.20 Å². The Hall–Kier alpha value is -1.36. The molecule has 0 radical (unpaired) electrons. The van der Waals surface area contributed by atoms with Crippen molar-refractivity contribution in [3.05, 3.63) is 23.0 Å². The van der Waals surface area contributed by atoms with Crippen molar-refractivity contribution in [3.8, 4) is 0 Å². The Morgan fingerprint density at radius 1 is 1.54 bits per heavy atom. The minimum absolute atomic E-state index is 0.0753. The van der Waals surface area contributed by atoms with Gasteiger partial charge in [0.25, 0.3) is 0 Å². The Labute approximate surface area is 78.8 Å². The highest BCUT2D eigenvalue weighted by Crippen LogP contribution is 2.07. The van der Waals surface area contributed by atoms with Crippen LogP contribution in [-0.2, 0) is 0 Å². The van der Waals surface area contributed by atoms with Gasteiger partial charge in [-0.2, -0.15) is 0 Å². The average Bonchev–Trinajstić information content (AvgIpc) is 2.08. The van der Waals surface area contributed by atoms with Crippen molar-refractivity contribution in [2.75, 3.05) is 0 Å². The highest BCUT2D eigenvalue weighted by Gasteiger charge is 2.12. The van der Waals surface area contributed by atoms with Gasteiger partial charge in [-0.15, -0.1) is 0 Å². The van der Waals surface area contributed by atoms with Crippen molar-refractivity contribution in [1.82, 2.24) is 9.97 Å². The van der Waals surface area contributed by atoms with Crippen molar-refractivity contribution in [1.29, 1.82) is 10.8 Å². The van der Waals surface area contributed by atoms with Crippen LogP contribution in [0.2, 0.25) is 5.28 Å². The molecule has 0 saturated heterocycles. The van der Waals surface area contributed by atoms with Crippen LogP contribution >= 0.6 is 11.6 Å². The fourth-order valence-electron chi connectivity index (χ4n) is 0.699. The van der Waals surface area contributed by atoms with Gasteiger partial charge in [0.15, 0.2) is 5.82 Å². The molecule has 1 heterocycles. The van der Waals surface area contributed by atoms with E-state index in [-0.39, 0.29) is 22.4 Å². The maximum Gasteiger partial charge on any atom is 0.223 e. The lowest BCUT2D eigenvalue weighted by Crippen LogP contribution is -2.14. The summed E-state index contributed by atoms with van der Waals surface area (Å²) in [7, 11) is 0. The van der Waals surface area contributed by atoms with Gasteiger partial charge in [-0.05, 0) is 18.5 Å². The molecule has 1 aromatic heterocycles. The molecule has 4 nitrogen and oxygen atoms in total. The predicted octanol–water partition coefficient (Wildman–Crippen LogP) is 1.68. The molecular weight excluding hydrogens is 195 g/mol. The third-order valence-electron chi connectivity index (χ3n) is 1.33. The van der Waals surface area contributed by atoms with Crippen LogP contribution in [0.25, 0.3) is 0 Å². The van der Waals surface area contributed by atoms with E-state index in [2.05, 4.69) is 9.97 Å². The molecule has 0 spiro atoms. The Balaban J connectivity index is 3.21. The first-order valence-corrected chi connectivity index (χ1v) is 3.72. The van der Waals surface area contributed by atoms with E-state index in [0.717, 1.165) is 6.20 Å². The Morgan fingerprint density at radius 3 is 2.69 bits per heavy atom. The summed E-state index contributed by atoms with van der Waals surface area (Å²) < 4.78 is 13.0. The van der Waals surface area contributed by atoms with Gasteiger partial charge >= 0.3 is 0 Å². The molecule has 2 N–H and O–H groups in total. The fraction of sp³-hybridized carbons (Fsp3) is 0.143. The van der Waals surface area contributed by atoms with Crippen molar-refractivity contribution in [2.45, 2.75) is 6.92 Å². The second-order valence-electron chi connectivity index (χ2n) is 2.34. The predicted molar refractivity (Wildman–Crippen MR) is 47.2 cm³/mol. The average molecular weight is 201 g/mol. The third-order valence-corrected chi connectivity index (χ3v) is 1.51. The molecule has 6 heteroatoms. The number of hydrogen-bond donors (Lipinski definition) is 2.